The third kappa shape index (κ3) is 3.78. The van der Waals surface area contributed by atoms with E-state index < -0.39 is 18.6 Å². The molecule has 3 N–H and O–H groups in total. The summed E-state index contributed by atoms with van der Waals surface area (Å²) in [6.45, 7) is -0.608. The molecule has 1 heterocycles. The summed E-state index contributed by atoms with van der Waals surface area (Å²) in [5.41, 5.74) is 3.30. The molecule has 1 rings (SSSR count). The van der Waals surface area contributed by atoms with Crippen LogP contribution in [0.4, 0.5) is 9.93 Å². The summed E-state index contributed by atoms with van der Waals surface area (Å²) < 4.78 is 0. The Bertz CT molecular complexity index is 314. The SMILES string of the molecule is O=C(O)CONC(=O)Nc1nncs1. The fraction of sp³-hybridized carbons (Fsp3) is 0.200. The van der Waals surface area contributed by atoms with Crippen molar-refractivity contribution in [2.75, 3.05) is 11.9 Å². The number of rotatable bonds is 4. The molecule has 8 nitrogen and oxygen atoms in total. The third-order valence-electron chi connectivity index (χ3n) is 0.941. The first kappa shape index (κ1) is 10.3. The number of aromatic nitrogens is 2. The maximum Gasteiger partial charge on any atom is 0.345 e. The minimum absolute atomic E-state index is 0.293. The van der Waals surface area contributed by atoms with Gasteiger partial charge >= 0.3 is 12.0 Å². The summed E-state index contributed by atoms with van der Waals surface area (Å²) >= 11 is 1.12. The number of hydrogen-bond acceptors (Lipinski definition) is 6. The summed E-state index contributed by atoms with van der Waals surface area (Å²) in [4.78, 5) is 25.2. The van der Waals surface area contributed by atoms with E-state index in [4.69, 9.17) is 5.11 Å². The number of anilines is 1. The monoisotopic (exact) mass is 218 g/mol. The summed E-state index contributed by atoms with van der Waals surface area (Å²) in [5.74, 6) is -1.18. The van der Waals surface area contributed by atoms with Gasteiger partial charge in [0.25, 0.3) is 0 Å². The Balaban J connectivity index is 2.20. The predicted molar refractivity (Wildman–Crippen MR) is 45.7 cm³/mol. The molecule has 9 heteroatoms. The van der Waals surface area contributed by atoms with Gasteiger partial charge in [-0.25, -0.2) is 15.1 Å². The number of nitrogens with one attached hydrogen (secondary N) is 2. The van der Waals surface area contributed by atoms with E-state index in [1.165, 1.54) is 5.51 Å². The highest BCUT2D eigenvalue weighted by Gasteiger charge is 2.04. The lowest BCUT2D eigenvalue weighted by atomic mass is 10.8. The minimum Gasteiger partial charge on any atom is -0.479 e. The minimum atomic E-state index is -1.18. The topological polar surface area (TPSA) is 113 Å². The average molecular weight is 218 g/mol. The number of hydroxylamine groups is 1. The van der Waals surface area contributed by atoms with Crippen LogP contribution >= 0.6 is 11.3 Å². The molecule has 0 aliphatic carbocycles. The Hall–Kier alpha value is -1.74. The largest absolute Gasteiger partial charge is 0.479 e. The lowest BCUT2D eigenvalue weighted by Gasteiger charge is -2.02. The van der Waals surface area contributed by atoms with E-state index in [-0.39, 0.29) is 0 Å². The van der Waals surface area contributed by atoms with Gasteiger partial charge in [0.05, 0.1) is 0 Å². The molecular weight excluding hydrogens is 212 g/mol. The molecule has 0 radical (unpaired) electrons. The fourth-order valence-electron chi connectivity index (χ4n) is 0.514. The normalized spacial score (nSPS) is 9.43. The van der Waals surface area contributed by atoms with Gasteiger partial charge < -0.3 is 5.11 Å². The van der Waals surface area contributed by atoms with Gasteiger partial charge in [0, 0.05) is 0 Å². The van der Waals surface area contributed by atoms with Crippen molar-refractivity contribution in [2.45, 2.75) is 0 Å². The van der Waals surface area contributed by atoms with E-state index in [1.54, 1.807) is 0 Å². The number of urea groups is 1. The van der Waals surface area contributed by atoms with Crippen LogP contribution in [0, 0.1) is 0 Å². The van der Waals surface area contributed by atoms with Crippen LogP contribution in [0.3, 0.4) is 0 Å². The molecule has 0 atom stereocenters. The molecule has 0 saturated carbocycles. The quantitative estimate of drug-likeness (QED) is 0.596. The van der Waals surface area contributed by atoms with E-state index in [1.807, 2.05) is 5.48 Å². The molecule has 1 aromatic heterocycles. The Morgan fingerprint density at radius 1 is 1.64 bits per heavy atom. The van der Waals surface area contributed by atoms with Crippen LogP contribution in [-0.4, -0.2) is 33.9 Å². The molecule has 0 saturated heterocycles. The van der Waals surface area contributed by atoms with Gasteiger partial charge in [0.1, 0.15) is 5.51 Å². The smallest absolute Gasteiger partial charge is 0.345 e. The molecule has 0 aliphatic heterocycles. The molecule has 14 heavy (non-hydrogen) atoms. The van der Waals surface area contributed by atoms with Gasteiger partial charge in [-0.15, -0.1) is 10.2 Å². The van der Waals surface area contributed by atoms with Gasteiger partial charge in [-0.1, -0.05) is 11.3 Å². The number of carboxylic acid groups (broad SMARTS) is 1. The Morgan fingerprint density at radius 3 is 3.00 bits per heavy atom. The Kier molecular flexibility index (Phi) is 3.76. The van der Waals surface area contributed by atoms with Gasteiger partial charge in [0.15, 0.2) is 6.61 Å². The van der Waals surface area contributed by atoms with E-state index >= 15 is 0 Å². The van der Waals surface area contributed by atoms with Gasteiger partial charge in [-0.05, 0) is 0 Å². The van der Waals surface area contributed by atoms with Crippen LogP contribution in [0.25, 0.3) is 0 Å². The lowest BCUT2D eigenvalue weighted by Crippen LogP contribution is -2.30. The first-order valence-corrected chi connectivity index (χ1v) is 4.23. The van der Waals surface area contributed by atoms with Crippen molar-refractivity contribution in [2.24, 2.45) is 0 Å². The van der Waals surface area contributed by atoms with E-state index in [0.717, 1.165) is 11.3 Å². The van der Waals surface area contributed by atoms with Crippen LogP contribution in [-0.2, 0) is 9.63 Å². The van der Waals surface area contributed by atoms with Crippen LogP contribution in [0.1, 0.15) is 0 Å². The maximum atomic E-state index is 10.9. The van der Waals surface area contributed by atoms with Gasteiger partial charge in [0.2, 0.25) is 5.13 Å². The van der Waals surface area contributed by atoms with E-state index in [0.29, 0.717) is 5.13 Å². The van der Waals surface area contributed by atoms with E-state index in [2.05, 4.69) is 20.4 Å². The standard InChI is InChI=1S/C5H6N4O4S/c10-3(11)1-13-9-4(12)7-5-8-6-2-14-5/h2H,1H2,(H,10,11)(H2,7,8,9,12). The van der Waals surface area contributed by atoms with Crippen molar-refractivity contribution < 1.29 is 19.5 Å². The molecule has 0 unspecified atom stereocenters. The molecule has 0 fully saturated rings. The Labute approximate surface area is 81.9 Å². The molecule has 76 valence electrons. The number of hydrogen-bond donors (Lipinski definition) is 3. The van der Waals surface area contributed by atoms with Gasteiger partial charge in [-0.2, -0.15) is 0 Å². The van der Waals surface area contributed by atoms with Crippen molar-refractivity contribution in [1.29, 1.82) is 0 Å². The predicted octanol–water partition coefficient (Wildman–Crippen LogP) is -0.324. The second-order valence-corrected chi connectivity index (χ2v) is 2.82. The molecule has 0 aromatic carbocycles. The first-order valence-electron chi connectivity index (χ1n) is 3.35. The van der Waals surface area contributed by atoms with Crippen molar-refractivity contribution in [1.82, 2.24) is 15.7 Å². The summed E-state index contributed by atoms with van der Waals surface area (Å²) in [7, 11) is 0. The zero-order valence-corrected chi connectivity index (χ0v) is 7.58. The number of amides is 2. The number of nitrogens with zero attached hydrogens (tertiary/aromatic N) is 2. The number of carboxylic acids is 1. The maximum absolute atomic E-state index is 10.9. The first-order chi connectivity index (χ1) is 6.68. The highest BCUT2D eigenvalue weighted by atomic mass is 32.1. The average Bonchev–Trinajstić information content (AvgIpc) is 2.56. The second-order valence-electron chi connectivity index (χ2n) is 1.98. The van der Waals surface area contributed by atoms with Crippen molar-refractivity contribution >= 4 is 28.5 Å². The van der Waals surface area contributed by atoms with E-state index in [9.17, 15) is 9.59 Å². The highest BCUT2D eigenvalue weighted by Crippen LogP contribution is 2.06. The van der Waals surface area contributed by atoms with Crippen molar-refractivity contribution in [3.63, 3.8) is 0 Å². The summed E-state index contributed by atoms with van der Waals surface area (Å²) in [6, 6.07) is -0.706. The number of aliphatic carboxylic acids is 1. The van der Waals surface area contributed by atoms with Crippen LogP contribution in [0.5, 0.6) is 0 Å². The van der Waals surface area contributed by atoms with Crippen LogP contribution < -0.4 is 10.8 Å². The van der Waals surface area contributed by atoms with Crippen molar-refractivity contribution in [3.05, 3.63) is 5.51 Å². The lowest BCUT2D eigenvalue weighted by molar-refractivity contribution is -0.143. The molecule has 1 aromatic rings. The molecule has 0 bridgehead atoms. The summed E-state index contributed by atoms with van der Waals surface area (Å²) in [5, 5.41) is 17.7. The molecular formula is C5H6N4O4S. The molecule has 0 aliphatic rings. The zero-order valence-electron chi connectivity index (χ0n) is 6.76. The van der Waals surface area contributed by atoms with Gasteiger partial charge in [-0.3, -0.25) is 10.2 Å². The highest BCUT2D eigenvalue weighted by molar-refractivity contribution is 7.13. The second kappa shape index (κ2) is 5.09. The van der Waals surface area contributed by atoms with Crippen LogP contribution in [0.2, 0.25) is 0 Å². The third-order valence-corrected chi connectivity index (χ3v) is 1.55. The molecule has 0 spiro atoms. The fourth-order valence-corrected chi connectivity index (χ4v) is 0.954. The summed E-state index contributed by atoms with van der Waals surface area (Å²) in [6.07, 6.45) is 0. The molecule has 2 amide bonds. The zero-order chi connectivity index (χ0) is 10.4. The van der Waals surface area contributed by atoms with Crippen molar-refractivity contribution in [3.8, 4) is 0 Å². The Morgan fingerprint density at radius 2 is 2.43 bits per heavy atom. The number of carbonyl (C=O) groups excluding carboxylic acids is 1. The number of carbonyl (C=O) groups is 2. The van der Waals surface area contributed by atoms with Crippen LogP contribution in [0.15, 0.2) is 5.51 Å².